The third-order valence-electron chi connectivity index (χ3n) is 4.03. The van der Waals surface area contributed by atoms with Crippen LogP contribution in [-0.4, -0.2) is 0 Å². The van der Waals surface area contributed by atoms with Crippen LogP contribution in [0.1, 0.15) is 35.6 Å². The predicted molar refractivity (Wildman–Crippen MR) is 89.1 cm³/mol. The Hall–Kier alpha value is -1.28. The molecule has 1 saturated carbocycles. The summed E-state index contributed by atoms with van der Waals surface area (Å²) in [5.41, 5.74) is 5.18. The van der Waals surface area contributed by atoms with Crippen molar-refractivity contribution in [2.75, 3.05) is 5.32 Å². The minimum absolute atomic E-state index is 0.425. The van der Waals surface area contributed by atoms with Crippen LogP contribution in [0, 0.1) is 19.8 Å². The smallest absolute Gasteiger partial charge is 0.0542 e. The molecule has 0 heterocycles. The number of benzene rings is 2. The molecule has 1 atom stereocenters. The normalized spacial score (nSPS) is 15.9. The molecule has 0 bridgehead atoms. The summed E-state index contributed by atoms with van der Waals surface area (Å²) in [6, 6.07) is 15.8. The van der Waals surface area contributed by atoms with Gasteiger partial charge in [-0.15, -0.1) is 0 Å². The Morgan fingerprint density at radius 1 is 1.05 bits per heavy atom. The van der Waals surface area contributed by atoms with E-state index in [0.29, 0.717) is 6.04 Å². The maximum Gasteiger partial charge on any atom is 0.0542 e. The van der Waals surface area contributed by atoms with Crippen LogP contribution in [0.25, 0.3) is 0 Å². The van der Waals surface area contributed by atoms with Gasteiger partial charge in [0, 0.05) is 10.2 Å². The van der Waals surface area contributed by atoms with E-state index in [-0.39, 0.29) is 0 Å². The van der Waals surface area contributed by atoms with Crippen molar-refractivity contribution in [2.45, 2.75) is 32.7 Å². The van der Waals surface area contributed by atoms with Crippen molar-refractivity contribution in [1.29, 1.82) is 0 Å². The summed E-state index contributed by atoms with van der Waals surface area (Å²) in [5.74, 6) is 0.769. The summed E-state index contributed by atoms with van der Waals surface area (Å²) in [6.45, 7) is 4.27. The summed E-state index contributed by atoms with van der Waals surface area (Å²) in [7, 11) is 0. The molecule has 3 rings (SSSR count). The van der Waals surface area contributed by atoms with Crippen LogP contribution < -0.4 is 5.32 Å². The molecule has 0 amide bonds. The van der Waals surface area contributed by atoms with Crippen molar-refractivity contribution in [3.63, 3.8) is 0 Å². The van der Waals surface area contributed by atoms with Crippen LogP contribution in [0.15, 0.2) is 46.9 Å². The standard InChI is InChI=1S/C18H20BrN/c1-12-6-8-14(9-7-12)18(15-10-11-15)20-16-5-3-4-13(2)17(16)19/h3-9,15,18,20H,10-11H2,1-2H3. The molecule has 0 aliphatic heterocycles. The maximum absolute atomic E-state index is 3.74. The minimum Gasteiger partial charge on any atom is -0.377 e. The third kappa shape index (κ3) is 2.90. The molecule has 1 aliphatic carbocycles. The lowest BCUT2D eigenvalue weighted by Crippen LogP contribution is -2.13. The Kier molecular flexibility index (Phi) is 3.84. The average molecular weight is 330 g/mol. The molecular formula is C18H20BrN. The Labute approximate surface area is 129 Å². The predicted octanol–water partition coefficient (Wildman–Crippen LogP) is 5.63. The number of rotatable bonds is 4. The first kappa shape index (κ1) is 13.7. The van der Waals surface area contributed by atoms with Crippen molar-refractivity contribution < 1.29 is 0 Å². The van der Waals surface area contributed by atoms with Gasteiger partial charge in [-0.2, -0.15) is 0 Å². The number of hydrogen-bond donors (Lipinski definition) is 1. The highest BCUT2D eigenvalue weighted by Crippen LogP contribution is 2.44. The quantitative estimate of drug-likeness (QED) is 0.766. The van der Waals surface area contributed by atoms with E-state index in [2.05, 4.69) is 77.6 Å². The first-order valence-corrected chi connectivity index (χ1v) is 8.02. The molecule has 2 aromatic carbocycles. The monoisotopic (exact) mass is 329 g/mol. The minimum atomic E-state index is 0.425. The van der Waals surface area contributed by atoms with Gasteiger partial charge in [0.1, 0.15) is 0 Å². The van der Waals surface area contributed by atoms with Crippen LogP contribution >= 0.6 is 15.9 Å². The highest BCUT2D eigenvalue weighted by atomic mass is 79.9. The van der Waals surface area contributed by atoms with Gasteiger partial charge in [-0.3, -0.25) is 0 Å². The van der Waals surface area contributed by atoms with Gasteiger partial charge in [0.05, 0.1) is 6.04 Å². The zero-order chi connectivity index (χ0) is 14.1. The Bertz CT molecular complexity index is 599. The van der Waals surface area contributed by atoms with Gasteiger partial charge in [0.2, 0.25) is 0 Å². The fourth-order valence-corrected chi connectivity index (χ4v) is 2.98. The molecule has 1 aliphatic rings. The van der Waals surface area contributed by atoms with Crippen LogP contribution in [-0.2, 0) is 0 Å². The molecule has 1 N–H and O–H groups in total. The number of hydrogen-bond acceptors (Lipinski definition) is 1. The first-order valence-electron chi connectivity index (χ1n) is 7.23. The van der Waals surface area contributed by atoms with Crippen molar-refractivity contribution in [3.8, 4) is 0 Å². The summed E-state index contributed by atoms with van der Waals surface area (Å²) in [6.07, 6.45) is 2.66. The van der Waals surface area contributed by atoms with Crippen LogP contribution in [0.5, 0.6) is 0 Å². The zero-order valence-electron chi connectivity index (χ0n) is 12.0. The molecule has 0 spiro atoms. The third-order valence-corrected chi connectivity index (χ3v) is 5.09. The fraction of sp³-hybridized carbons (Fsp3) is 0.333. The largest absolute Gasteiger partial charge is 0.377 e. The van der Waals surface area contributed by atoms with E-state index in [1.165, 1.54) is 39.7 Å². The van der Waals surface area contributed by atoms with E-state index in [1.54, 1.807) is 0 Å². The highest BCUT2D eigenvalue weighted by molar-refractivity contribution is 9.10. The van der Waals surface area contributed by atoms with Gasteiger partial charge >= 0.3 is 0 Å². The number of anilines is 1. The summed E-state index contributed by atoms with van der Waals surface area (Å²) in [5, 5.41) is 3.74. The Balaban J connectivity index is 1.88. The summed E-state index contributed by atoms with van der Waals surface area (Å²) >= 11 is 3.70. The average Bonchev–Trinajstić information content (AvgIpc) is 3.26. The molecule has 0 aromatic heterocycles. The van der Waals surface area contributed by atoms with Crippen LogP contribution in [0.3, 0.4) is 0 Å². The van der Waals surface area contributed by atoms with Crippen molar-refractivity contribution in [3.05, 3.63) is 63.6 Å². The number of nitrogens with one attached hydrogen (secondary N) is 1. The van der Waals surface area contributed by atoms with Gasteiger partial charge in [-0.1, -0.05) is 42.0 Å². The van der Waals surface area contributed by atoms with Gasteiger partial charge < -0.3 is 5.32 Å². The first-order chi connectivity index (χ1) is 9.65. The van der Waals surface area contributed by atoms with E-state index < -0.39 is 0 Å². The van der Waals surface area contributed by atoms with Crippen molar-refractivity contribution >= 4 is 21.6 Å². The molecule has 20 heavy (non-hydrogen) atoms. The van der Waals surface area contributed by atoms with Gasteiger partial charge in [0.15, 0.2) is 0 Å². The number of halogens is 1. The fourth-order valence-electron chi connectivity index (χ4n) is 2.60. The summed E-state index contributed by atoms with van der Waals surface area (Å²) in [4.78, 5) is 0. The molecule has 2 aromatic rings. The van der Waals surface area contributed by atoms with Crippen LogP contribution in [0.4, 0.5) is 5.69 Å². The van der Waals surface area contributed by atoms with Gasteiger partial charge in [-0.05, 0) is 65.7 Å². The zero-order valence-corrected chi connectivity index (χ0v) is 13.6. The molecule has 104 valence electrons. The SMILES string of the molecule is Cc1ccc(C(Nc2cccc(C)c2Br)C2CC2)cc1. The molecule has 1 nitrogen and oxygen atoms in total. The molecule has 0 saturated heterocycles. The summed E-state index contributed by atoms with van der Waals surface area (Å²) < 4.78 is 1.18. The van der Waals surface area contributed by atoms with Crippen LogP contribution in [0.2, 0.25) is 0 Å². The van der Waals surface area contributed by atoms with Crippen molar-refractivity contribution in [2.24, 2.45) is 5.92 Å². The van der Waals surface area contributed by atoms with Crippen molar-refractivity contribution in [1.82, 2.24) is 0 Å². The molecule has 1 fully saturated rings. The number of aryl methyl sites for hydroxylation is 2. The molecule has 2 heteroatoms. The molecule has 1 unspecified atom stereocenters. The lowest BCUT2D eigenvalue weighted by atomic mass is 10.0. The second-order valence-corrected chi connectivity index (χ2v) is 6.60. The lowest BCUT2D eigenvalue weighted by molar-refractivity contribution is 0.678. The van der Waals surface area contributed by atoms with E-state index in [1.807, 2.05) is 0 Å². The van der Waals surface area contributed by atoms with Gasteiger partial charge in [0.25, 0.3) is 0 Å². The Morgan fingerprint density at radius 2 is 1.75 bits per heavy atom. The second kappa shape index (κ2) is 5.61. The van der Waals surface area contributed by atoms with E-state index in [4.69, 9.17) is 0 Å². The second-order valence-electron chi connectivity index (χ2n) is 5.81. The van der Waals surface area contributed by atoms with Gasteiger partial charge in [-0.25, -0.2) is 0 Å². The topological polar surface area (TPSA) is 12.0 Å². The van der Waals surface area contributed by atoms with E-state index in [0.717, 1.165) is 5.92 Å². The lowest BCUT2D eigenvalue weighted by Gasteiger charge is -2.22. The molecular weight excluding hydrogens is 310 g/mol. The highest BCUT2D eigenvalue weighted by Gasteiger charge is 2.32. The molecule has 0 radical (unpaired) electrons. The van der Waals surface area contributed by atoms with E-state index >= 15 is 0 Å². The van der Waals surface area contributed by atoms with E-state index in [9.17, 15) is 0 Å². The maximum atomic E-state index is 3.74. The Morgan fingerprint density at radius 3 is 2.40 bits per heavy atom.